The van der Waals surface area contributed by atoms with Gasteiger partial charge in [0.15, 0.2) is 0 Å². The summed E-state index contributed by atoms with van der Waals surface area (Å²) in [5.41, 5.74) is 5.85. The lowest BCUT2D eigenvalue weighted by molar-refractivity contribution is -0.155. The van der Waals surface area contributed by atoms with Crippen molar-refractivity contribution < 1.29 is 20.5 Å². The number of carbonyl (C=O) groups is 1. The highest BCUT2D eigenvalue weighted by Gasteiger charge is 2.45. The number of rotatable bonds is 2. The average Bonchev–Trinajstić information content (AvgIpc) is 2.41. The molecule has 0 aliphatic heterocycles. The molecule has 0 aromatic heterocycles. The summed E-state index contributed by atoms with van der Waals surface area (Å²) in [5, 5.41) is 0. The maximum atomic E-state index is 12.2. The van der Waals surface area contributed by atoms with Gasteiger partial charge < -0.3 is 10.5 Å². The average molecular weight is 205 g/mol. The van der Waals surface area contributed by atoms with Crippen molar-refractivity contribution in [3.05, 3.63) is 0 Å². The monoisotopic (exact) mass is 205 g/mol. The molecule has 3 saturated carbocycles. The van der Waals surface area contributed by atoms with Gasteiger partial charge in [-0.3, -0.25) is 4.79 Å². The summed E-state index contributed by atoms with van der Waals surface area (Å²) < 4.78 is 69.5. The second-order valence-corrected chi connectivity index (χ2v) is 3.25. The lowest BCUT2D eigenvalue weighted by Crippen LogP contribution is -2.52. The molecule has 0 heterocycles. The van der Waals surface area contributed by atoms with E-state index in [0.29, 0.717) is 0 Å². The zero-order chi connectivity index (χ0) is 17.3. The first-order chi connectivity index (χ1) is 9.83. The van der Waals surface area contributed by atoms with Crippen molar-refractivity contribution in [1.29, 1.82) is 0 Å². The fraction of sp³-hybridized carbons (Fsp3) is 0.909. The molecule has 3 aliphatic carbocycles. The summed E-state index contributed by atoms with van der Waals surface area (Å²) in [7, 11) is 0. The molecule has 2 N–H and O–H groups in total. The fourth-order valence-electron chi connectivity index (χ4n) is 1.66. The van der Waals surface area contributed by atoms with Crippen LogP contribution in [0, 0.1) is 17.7 Å². The summed E-state index contributed by atoms with van der Waals surface area (Å²) in [5.74, 6) is -7.82. The van der Waals surface area contributed by atoms with Gasteiger partial charge in [-0.05, 0) is 44.3 Å². The molecule has 6 atom stereocenters. The summed E-state index contributed by atoms with van der Waals surface area (Å²) in [6.07, 6.45) is -9.49. The Hall–Kier alpha value is -0.570. The van der Waals surface area contributed by atoms with Crippen molar-refractivity contribution in [2.45, 2.75) is 38.5 Å². The molecule has 3 aliphatic rings. The number of nitrogens with two attached hydrogens (primary N) is 1. The van der Waals surface area contributed by atoms with Crippen molar-refractivity contribution in [2.24, 2.45) is 23.4 Å². The van der Waals surface area contributed by atoms with Crippen LogP contribution < -0.4 is 5.73 Å². The van der Waals surface area contributed by atoms with Gasteiger partial charge in [-0.15, -0.1) is 0 Å². The van der Waals surface area contributed by atoms with Gasteiger partial charge in [-0.25, -0.2) is 0 Å². The molecule has 3 heteroatoms. The van der Waals surface area contributed by atoms with E-state index >= 15 is 0 Å². The van der Waals surface area contributed by atoms with E-state index in [-0.39, 0.29) is 6.61 Å². The maximum Gasteiger partial charge on any atom is 0.310 e. The third kappa shape index (κ3) is 1.54. The van der Waals surface area contributed by atoms with Crippen molar-refractivity contribution >= 4 is 5.97 Å². The zero-order valence-electron chi connectivity index (χ0n) is 15.9. The number of hydrogen-bond acceptors (Lipinski definition) is 3. The Morgan fingerprint density at radius 2 is 2.21 bits per heavy atom. The Kier molecular flexibility index (Phi) is 1.15. The predicted octanol–water partition coefficient (Wildman–Crippen LogP) is 1.31. The molecule has 0 saturated heterocycles. The van der Waals surface area contributed by atoms with Gasteiger partial charge in [0.1, 0.15) is 0 Å². The van der Waals surface area contributed by atoms with Crippen LogP contribution in [0.3, 0.4) is 0 Å². The SMILES string of the molecule is [2H]C1C([2H])[C@]2([2H])[C@H](N)[C@@H](C(=O)OCC)[C@@]1([2H])C([2H])([2H])C2([2H])[2H]. The van der Waals surface area contributed by atoms with E-state index in [1.807, 2.05) is 0 Å². The number of carbonyl (C=O) groups excluding carboxylic acids is 1. The van der Waals surface area contributed by atoms with Crippen molar-refractivity contribution in [3.8, 4) is 0 Å². The minimum absolute atomic E-state index is 0.0496. The van der Waals surface area contributed by atoms with Gasteiger partial charge in [-0.1, -0.05) is 0 Å². The van der Waals surface area contributed by atoms with E-state index in [9.17, 15) is 4.79 Å². The summed E-state index contributed by atoms with van der Waals surface area (Å²) in [6, 6.07) is -1.60. The molecule has 0 spiro atoms. The number of esters is 1. The molecule has 2 unspecified atom stereocenters. The molecular formula is C11H19NO2. The van der Waals surface area contributed by atoms with Gasteiger partial charge in [-0.2, -0.15) is 0 Å². The van der Waals surface area contributed by atoms with Crippen LogP contribution in [0.2, 0.25) is 0 Å². The van der Waals surface area contributed by atoms with Crippen LogP contribution in [-0.2, 0) is 9.53 Å². The Balaban J connectivity index is 2.72. The van der Waals surface area contributed by atoms with Crippen LogP contribution in [0.1, 0.15) is 43.4 Å². The lowest BCUT2D eigenvalue weighted by atomic mass is 9.62. The Labute approximate surface area is 96.2 Å². The lowest BCUT2D eigenvalue weighted by Gasteiger charge is -2.45. The number of fused-ring (bicyclic) bond motifs is 3. The first-order valence-electron chi connectivity index (χ1n) is 8.75. The van der Waals surface area contributed by atoms with Gasteiger partial charge in [0.25, 0.3) is 0 Å². The van der Waals surface area contributed by atoms with Gasteiger partial charge in [0.2, 0.25) is 0 Å². The van der Waals surface area contributed by atoms with Crippen LogP contribution in [0.15, 0.2) is 0 Å². The van der Waals surface area contributed by atoms with Gasteiger partial charge in [0, 0.05) is 17.0 Å². The molecule has 0 radical (unpaired) electrons. The van der Waals surface area contributed by atoms with Crippen LogP contribution in [0.5, 0.6) is 0 Å². The molecule has 14 heavy (non-hydrogen) atoms. The summed E-state index contributed by atoms with van der Waals surface area (Å²) in [4.78, 5) is 12.2. The van der Waals surface area contributed by atoms with E-state index in [2.05, 4.69) is 0 Å². The molecule has 3 fully saturated rings. The van der Waals surface area contributed by atoms with Crippen molar-refractivity contribution in [2.75, 3.05) is 6.61 Å². The van der Waals surface area contributed by atoms with Crippen LogP contribution >= 0.6 is 0 Å². The highest BCUT2D eigenvalue weighted by atomic mass is 16.5. The third-order valence-corrected chi connectivity index (χ3v) is 2.39. The minimum Gasteiger partial charge on any atom is -0.466 e. The van der Waals surface area contributed by atoms with Crippen molar-refractivity contribution in [3.63, 3.8) is 0 Å². The minimum atomic E-state index is -3.00. The first-order valence-corrected chi connectivity index (χ1v) is 4.60. The largest absolute Gasteiger partial charge is 0.466 e. The molecule has 0 amide bonds. The smallest absolute Gasteiger partial charge is 0.310 e. The van der Waals surface area contributed by atoms with Crippen molar-refractivity contribution in [1.82, 2.24) is 0 Å². The highest BCUT2D eigenvalue weighted by molar-refractivity contribution is 5.74. The molecule has 2 bridgehead atoms. The van der Waals surface area contributed by atoms with Crippen LogP contribution in [0.4, 0.5) is 0 Å². The molecule has 80 valence electrons. The molecule has 3 nitrogen and oxygen atoms in total. The molecular weight excluding hydrogens is 178 g/mol. The molecule has 0 aromatic carbocycles. The second-order valence-electron chi connectivity index (χ2n) is 3.25. The number of hydrogen-bond donors (Lipinski definition) is 1. The Bertz CT molecular complexity index is 502. The van der Waals surface area contributed by atoms with Crippen LogP contribution in [-0.4, -0.2) is 18.6 Å². The highest BCUT2D eigenvalue weighted by Crippen LogP contribution is 2.44. The maximum absolute atomic E-state index is 12.2. The Morgan fingerprint density at radius 1 is 1.57 bits per heavy atom. The second kappa shape index (κ2) is 3.89. The quantitative estimate of drug-likeness (QED) is 0.692. The topological polar surface area (TPSA) is 52.3 Å². The van der Waals surface area contributed by atoms with E-state index in [4.69, 9.17) is 21.4 Å². The first kappa shape index (κ1) is 4.12. The summed E-state index contributed by atoms with van der Waals surface area (Å²) in [6.45, 7) is 1.46. The Morgan fingerprint density at radius 3 is 2.93 bits per heavy atom. The van der Waals surface area contributed by atoms with E-state index in [1.165, 1.54) is 6.92 Å². The summed E-state index contributed by atoms with van der Waals surface area (Å²) >= 11 is 0. The van der Waals surface area contributed by atoms with E-state index in [1.54, 1.807) is 0 Å². The van der Waals surface area contributed by atoms with Gasteiger partial charge in [0.05, 0.1) is 12.5 Å². The van der Waals surface area contributed by atoms with Crippen LogP contribution in [0.25, 0.3) is 0 Å². The zero-order valence-corrected chi connectivity index (χ0v) is 7.91. The van der Waals surface area contributed by atoms with E-state index in [0.717, 1.165) is 0 Å². The molecule has 3 rings (SSSR count). The standard InChI is InChI=1S/C11H19NO2/c1-2-14-11(13)9-7-3-5-8(6-4-7)10(9)12/h7-10H,2-6,12H2,1H3/t7-,8+,9-,10-/m0/s1/i3D,4D2,5D,6D2,7D,8D/t3?,5?,7-,8+,9+,10+/m1. The fourth-order valence-corrected chi connectivity index (χ4v) is 1.66. The number of ether oxygens (including phenoxy) is 1. The third-order valence-electron chi connectivity index (χ3n) is 2.39. The molecule has 0 aromatic rings. The van der Waals surface area contributed by atoms with E-state index < -0.39 is 55.3 Å². The predicted molar refractivity (Wildman–Crippen MR) is 53.5 cm³/mol. The van der Waals surface area contributed by atoms with Gasteiger partial charge >= 0.3 is 5.97 Å². The normalized spacial score (nSPS) is 77.6.